The molecule has 0 aliphatic carbocycles. The number of rotatable bonds is 3. The highest BCUT2D eigenvalue weighted by atomic mass is 16.1. The van der Waals surface area contributed by atoms with Gasteiger partial charge in [-0.3, -0.25) is 4.79 Å². The number of aromatic nitrogens is 6. The molecule has 0 atom stereocenters. The lowest BCUT2D eigenvalue weighted by molar-refractivity contribution is 0.102. The number of H-pyrrole nitrogens is 1. The van der Waals surface area contributed by atoms with E-state index in [1.165, 1.54) is 12.5 Å². The molecule has 0 aliphatic rings. The van der Waals surface area contributed by atoms with Crippen molar-refractivity contribution in [1.29, 1.82) is 0 Å². The van der Waals surface area contributed by atoms with Crippen LogP contribution >= 0.6 is 0 Å². The Bertz CT molecular complexity index is 1050. The normalized spacial score (nSPS) is 11.0. The molecule has 0 aliphatic heterocycles. The smallest absolute Gasteiger partial charge is 0.258 e. The highest BCUT2D eigenvalue weighted by molar-refractivity contribution is 6.07. The maximum Gasteiger partial charge on any atom is 0.258 e. The maximum absolute atomic E-state index is 12.5. The summed E-state index contributed by atoms with van der Waals surface area (Å²) in [5, 5.41) is 7.76. The van der Waals surface area contributed by atoms with Crippen molar-refractivity contribution < 1.29 is 4.79 Å². The van der Waals surface area contributed by atoms with Gasteiger partial charge >= 0.3 is 0 Å². The minimum atomic E-state index is -0.280. The first kappa shape index (κ1) is 15.0. The number of carbonyl (C=O) groups excluding carboxylic acids is 1. The predicted molar refractivity (Wildman–Crippen MR) is 92.7 cm³/mol. The topological polar surface area (TPSA) is 101 Å². The van der Waals surface area contributed by atoms with Gasteiger partial charge in [-0.25, -0.2) is 19.6 Å². The lowest BCUT2D eigenvalue weighted by atomic mass is 10.2. The monoisotopic (exact) mass is 333 g/mol. The minimum absolute atomic E-state index is 0.280. The molecular weight excluding hydrogens is 318 g/mol. The fourth-order valence-electron chi connectivity index (χ4n) is 2.63. The average molecular weight is 333 g/mol. The number of nitrogens with zero attached hydrogens (tertiary/aromatic N) is 5. The zero-order chi connectivity index (χ0) is 17.4. The van der Waals surface area contributed by atoms with Gasteiger partial charge in [0.2, 0.25) is 0 Å². The molecule has 0 saturated carbocycles. The average Bonchev–Trinajstić information content (AvgIpc) is 3.25. The zero-order valence-electron chi connectivity index (χ0n) is 13.7. The van der Waals surface area contributed by atoms with E-state index >= 15 is 0 Å². The number of hydrogen-bond donors (Lipinski definition) is 2. The van der Waals surface area contributed by atoms with E-state index in [0.29, 0.717) is 22.8 Å². The van der Waals surface area contributed by atoms with Crippen molar-refractivity contribution in [3.05, 3.63) is 59.9 Å². The Morgan fingerprint density at radius 1 is 1.20 bits per heavy atom. The molecule has 124 valence electrons. The third kappa shape index (κ3) is 2.63. The summed E-state index contributed by atoms with van der Waals surface area (Å²) in [5.41, 5.74) is 3.15. The van der Waals surface area contributed by atoms with Gasteiger partial charge in [0, 0.05) is 24.3 Å². The molecule has 25 heavy (non-hydrogen) atoms. The Balaban J connectivity index is 1.62. The summed E-state index contributed by atoms with van der Waals surface area (Å²) in [6.45, 7) is 3.92. The molecule has 0 unspecified atom stereocenters. The quantitative estimate of drug-likeness (QED) is 0.599. The summed E-state index contributed by atoms with van der Waals surface area (Å²) in [6, 6.07) is 5.25. The molecule has 0 bridgehead atoms. The first-order valence-corrected chi connectivity index (χ1v) is 7.71. The van der Waals surface area contributed by atoms with Gasteiger partial charge in [0.1, 0.15) is 17.8 Å². The third-order valence-corrected chi connectivity index (χ3v) is 4.07. The summed E-state index contributed by atoms with van der Waals surface area (Å²) < 4.78 is 1.63. The number of fused-ring (bicyclic) bond motifs is 1. The van der Waals surface area contributed by atoms with Crippen LogP contribution in [0.1, 0.15) is 21.6 Å². The second kappa shape index (κ2) is 5.82. The molecule has 2 N–H and O–H groups in total. The van der Waals surface area contributed by atoms with E-state index in [1.54, 1.807) is 29.2 Å². The fourth-order valence-corrected chi connectivity index (χ4v) is 2.63. The molecule has 4 rings (SSSR count). The maximum atomic E-state index is 12.5. The van der Waals surface area contributed by atoms with Crippen molar-refractivity contribution in [2.45, 2.75) is 13.8 Å². The van der Waals surface area contributed by atoms with E-state index in [2.05, 4.69) is 30.4 Å². The van der Waals surface area contributed by atoms with Crippen LogP contribution in [0.2, 0.25) is 0 Å². The molecule has 8 heteroatoms. The minimum Gasteiger partial charge on any atom is -0.343 e. The first-order valence-electron chi connectivity index (χ1n) is 7.71. The number of hydrogen-bond acceptors (Lipinski definition) is 5. The van der Waals surface area contributed by atoms with Crippen molar-refractivity contribution >= 4 is 22.8 Å². The second-order valence-corrected chi connectivity index (χ2v) is 5.63. The van der Waals surface area contributed by atoms with Gasteiger partial charge in [0.15, 0.2) is 5.82 Å². The number of nitrogens with one attached hydrogen (secondary N) is 2. The molecule has 4 aromatic rings. The Labute approximate surface area is 143 Å². The lowest BCUT2D eigenvalue weighted by Gasteiger charge is -2.07. The van der Waals surface area contributed by atoms with Gasteiger partial charge in [-0.1, -0.05) is 0 Å². The Morgan fingerprint density at radius 2 is 2.08 bits per heavy atom. The number of carbonyl (C=O) groups is 1. The van der Waals surface area contributed by atoms with Crippen LogP contribution in [0.4, 0.5) is 5.82 Å². The van der Waals surface area contributed by atoms with Crippen LogP contribution in [0.25, 0.3) is 16.9 Å². The molecule has 4 aromatic heterocycles. The zero-order valence-corrected chi connectivity index (χ0v) is 13.7. The molecule has 0 aromatic carbocycles. The van der Waals surface area contributed by atoms with E-state index in [-0.39, 0.29) is 5.91 Å². The lowest BCUT2D eigenvalue weighted by Crippen LogP contribution is -2.14. The third-order valence-electron chi connectivity index (χ3n) is 4.07. The van der Waals surface area contributed by atoms with Crippen molar-refractivity contribution in [3.8, 4) is 5.82 Å². The summed E-state index contributed by atoms with van der Waals surface area (Å²) in [7, 11) is 0. The van der Waals surface area contributed by atoms with Crippen LogP contribution in [0, 0.1) is 13.8 Å². The van der Waals surface area contributed by atoms with Crippen molar-refractivity contribution in [2.75, 3.05) is 5.32 Å². The molecule has 8 nitrogen and oxygen atoms in total. The molecule has 0 saturated heterocycles. The van der Waals surface area contributed by atoms with E-state index in [9.17, 15) is 4.79 Å². The first-order chi connectivity index (χ1) is 12.1. The Kier molecular flexibility index (Phi) is 3.50. The molecule has 0 radical (unpaired) electrons. The Hall–Kier alpha value is -3.55. The number of amides is 1. The van der Waals surface area contributed by atoms with E-state index in [4.69, 9.17) is 0 Å². The Morgan fingerprint density at radius 3 is 2.80 bits per heavy atom. The van der Waals surface area contributed by atoms with Crippen LogP contribution in [0.5, 0.6) is 0 Å². The van der Waals surface area contributed by atoms with Crippen LogP contribution in [-0.2, 0) is 0 Å². The highest BCUT2D eigenvalue weighted by Crippen LogP contribution is 2.25. The number of aryl methyl sites for hydroxylation is 2. The van der Waals surface area contributed by atoms with Gasteiger partial charge in [-0.2, -0.15) is 5.10 Å². The SMILES string of the molecule is Cc1[nH]c2ncnc(NC(=O)c3ccc(-n4cccn4)nc3)c2c1C. The molecule has 0 fully saturated rings. The van der Waals surface area contributed by atoms with Gasteiger partial charge in [-0.05, 0) is 37.6 Å². The van der Waals surface area contributed by atoms with Gasteiger partial charge in [-0.15, -0.1) is 0 Å². The molecular formula is C17H15N7O. The fraction of sp³-hybridized carbons (Fsp3) is 0.118. The van der Waals surface area contributed by atoms with E-state index in [0.717, 1.165) is 16.6 Å². The van der Waals surface area contributed by atoms with Crippen molar-refractivity contribution in [3.63, 3.8) is 0 Å². The van der Waals surface area contributed by atoms with Gasteiger partial charge < -0.3 is 10.3 Å². The predicted octanol–water partition coefficient (Wildman–Crippen LogP) is 2.41. The van der Waals surface area contributed by atoms with Gasteiger partial charge in [0.05, 0.1) is 10.9 Å². The highest BCUT2D eigenvalue weighted by Gasteiger charge is 2.15. The number of aromatic amines is 1. The summed E-state index contributed by atoms with van der Waals surface area (Å²) in [5.74, 6) is 0.842. The van der Waals surface area contributed by atoms with Gasteiger partial charge in [0.25, 0.3) is 5.91 Å². The summed E-state index contributed by atoms with van der Waals surface area (Å²) in [4.78, 5) is 28.4. The van der Waals surface area contributed by atoms with Crippen LogP contribution in [-0.4, -0.2) is 35.6 Å². The van der Waals surface area contributed by atoms with E-state index in [1.807, 2.05) is 19.9 Å². The summed E-state index contributed by atoms with van der Waals surface area (Å²) >= 11 is 0. The largest absolute Gasteiger partial charge is 0.343 e. The molecule has 0 spiro atoms. The van der Waals surface area contributed by atoms with Crippen LogP contribution < -0.4 is 5.32 Å². The molecule has 4 heterocycles. The van der Waals surface area contributed by atoms with Crippen molar-refractivity contribution in [2.24, 2.45) is 0 Å². The van der Waals surface area contributed by atoms with Crippen LogP contribution in [0.15, 0.2) is 43.1 Å². The molecule has 1 amide bonds. The summed E-state index contributed by atoms with van der Waals surface area (Å²) in [6.07, 6.45) is 6.40. The van der Waals surface area contributed by atoms with Crippen molar-refractivity contribution in [1.82, 2.24) is 29.7 Å². The number of pyridine rings is 1. The number of anilines is 1. The van der Waals surface area contributed by atoms with Crippen LogP contribution in [0.3, 0.4) is 0 Å². The van der Waals surface area contributed by atoms with E-state index < -0.39 is 0 Å². The second-order valence-electron chi connectivity index (χ2n) is 5.63. The standard InChI is InChI=1S/C17H15N7O/c1-10-11(2)22-15-14(10)16(20-9-19-15)23-17(25)12-4-5-13(18-8-12)24-7-3-6-21-24/h3-9H,1-2H3,(H2,19,20,22,23,25).